The predicted molar refractivity (Wildman–Crippen MR) is 76.1 cm³/mol. The normalized spacial score (nSPS) is 12.5. The Kier molecular flexibility index (Phi) is 3.22. The second kappa shape index (κ2) is 5.02. The van der Waals surface area contributed by atoms with Crippen molar-refractivity contribution >= 4 is 17.3 Å². The van der Waals surface area contributed by atoms with E-state index < -0.39 is 0 Å². The monoisotopic (exact) mass is 275 g/mol. The molecule has 0 atom stereocenters. The van der Waals surface area contributed by atoms with E-state index in [1.165, 1.54) is 5.56 Å². The lowest BCUT2D eigenvalue weighted by Crippen LogP contribution is -1.99. The van der Waals surface area contributed by atoms with Crippen LogP contribution in [0.3, 0.4) is 0 Å². The molecule has 0 amide bonds. The zero-order valence-corrected chi connectivity index (χ0v) is 11.3. The van der Waals surface area contributed by atoms with E-state index in [0.717, 1.165) is 11.3 Å². The molecular formula is C15H14ClNO2. The predicted octanol–water partition coefficient (Wildman–Crippen LogP) is 3.99. The lowest BCUT2D eigenvalue weighted by atomic mass is 10.2. The van der Waals surface area contributed by atoms with Crippen molar-refractivity contribution in [2.24, 2.45) is 0 Å². The Morgan fingerprint density at radius 2 is 1.95 bits per heavy atom. The average molecular weight is 276 g/mol. The van der Waals surface area contributed by atoms with Gasteiger partial charge in [0.05, 0.1) is 5.02 Å². The van der Waals surface area contributed by atoms with E-state index in [4.69, 9.17) is 21.1 Å². The summed E-state index contributed by atoms with van der Waals surface area (Å²) < 4.78 is 10.6. The third kappa shape index (κ3) is 2.61. The number of ether oxygens (including phenoxy) is 2. The lowest BCUT2D eigenvalue weighted by Gasteiger charge is -2.08. The summed E-state index contributed by atoms with van der Waals surface area (Å²) in [5.74, 6) is 1.36. The van der Waals surface area contributed by atoms with Crippen molar-refractivity contribution in [3.8, 4) is 11.5 Å². The fourth-order valence-electron chi connectivity index (χ4n) is 2.00. The van der Waals surface area contributed by atoms with Crippen molar-refractivity contribution < 1.29 is 9.47 Å². The van der Waals surface area contributed by atoms with Gasteiger partial charge in [0.1, 0.15) is 0 Å². The molecule has 0 bridgehead atoms. The Labute approximate surface area is 117 Å². The first kappa shape index (κ1) is 12.2. The molecule has 98 valence electrons. The van der Waals surface area contributed by atoms with Crippen molar-refractivity contribution in [2.75, 3.05) is 12.1 Å². The molecule has 1 aliphatic rings. The minimum absolute atomic E-state index is 0.240. The third-order valence-corrected chi connectivity index (χ3v) is 3.32. The van der Waals surface area contributed by atoms with Gasteiger partial charge in [0, 0.05) is 12.2 Å². The summed E-state index contributed by atoms with van der Waals surface area (Å²) in [6.07, 6.45) is 0. The fraction of sp³-hybridized carbons (Fsp3) is 0.200. The topological polar surface area (TPSA) is 30.5 Å². The highest BCUT2D eigenvalue weighted by Gasteiger charge is 2.17. The van der Waals surface area contributed by atoms with E-state index in [0.29, 0.717) is 23.1 Å². The van der Waals surface area contributed by atoms with Gasteiger partial charge >= 0.3 is 0 Å². The van der Waals surface area contributed by atoms with Gasteiger partial charge < -0.3 is 14.8 Å². The first-order valence-corrected chi connectivity index (χ1v) is 6.49. The SMILES string of the molecule is Cc1ccc(NCc2cc(Cl)c3c(c2)OCO3)cc1. The van der Waals surface area contributed by atoms with Crippen molar-refractivity contribution in [2.45, 2.75) is 13.5 Å². The van der Waals surface area contributed by atoms with Crippen LogP contribution in [0.25, 0.3) is 0 Å². The second-order valence-electron chi connectivity index (χ2n) is 4.53. The number of benzene rings is 2. The smallest absolute Gasteiger partial charge is 0.231 e. The summed E-state index contributed by atoms with van der Waals surface area (Å²) in [6.45, 7) is 3.00. The Hall–Kier alpha value is -1.87. The maximum atomic E-state index is 6.14. The highest BCUT2D eigenvalue weighted by molar-refractivity contribution is 6.32. The van der Waals surface area contributed by atoms with Crippen LogP contribution in [0.15, 0.2) is 36.4 Å². The van der Waals surface area contributed by atoms with Gasteiger partial charge in [-0.1, -0.05) is 29.3 Å². The van der Waals surface area contributed by atoms with Gasteiger partial charge in [0.15, 0.2) is 11.5 Å². The van der Waals surface area contributed by atoms with Crippen LogP contribution < -0.4 is 14.8 Å². The number of halogens is 1. The van der Waals surface area contributed by atoms with E-state index in [1.54, 1.807) is 0 Å². The van der Waals surface area contributed by atoms with Crippen molar-refractivity contribution in [3.63, 3.8) is 0 Å². The molecule has 4 heteroatoms. The van der Waals surface area contributed by atoms with E-state index in [1.807, 2.05) is 12.1 Å². The van der Waals surface area contributed by atoms with Crippen molar-refractivity contribution in [1.29, 1.82) is 0 Å². The fourth-order valence-corrected chi connectivity index (χ4v) is 2.29. The van der Waals surface area contributed by atoms with E-state index >= 15 is 0 Å². The van der Waals surface area contributed by atoms with Crippen LogP contribution in [0.5, 0.6) is 11.5 Å². The van der Waals surface area contributed by atoms with Gasteiger partial charge in [-0.25, -0.2) is 0 Å². The highest BCUT2D eigenvalue weighted by Crippen LogP contribution is 2.39. The summed E-state index contributed by atoms with van der Waals surface area (Å²) >= 11 is 6.14. The Morgan fingerprint density at radius 3 is 2.74 bits per heavy atom. The first-order valence-electron chi connectivity index (χ1n) is 6.11. The number of aryl methyl sites for hydroxylation is 1. The third-order valence-electron chi connectivity index (χ3n) is 3.04. The second-order valence-corrected chi connectivity index (χ2v) is 4.94. The number of nitrogens with one attached hydrogen (secondary N) is 1. The summed E-state index contributed by atoms with van der Waals surface area (Å²) in [5, 5.41) is 3.94. The molecule has 1 N–H and O–H groups in total. The zero-order valence-electron chi connectivity index (χ0n) is 10.6. The molecule has 2 aromatic carbocycles. The van der Waals surface area contributed by atoms with Gasteiger partial charge in [0.2, 0.25) is 6.79 Å². The molecule has 0 aliphatic carbocycles. The van der Waals surface area contributed by atoms with Crippen LogP contribution >= 0.6 is 11.6 Å². The molecular weight excluding hydrogens is 262 g/mol. The molecule has 1 aliphatic heterocycles. The van der Waals surface area contributed by atoms with Gasteiger partial charge in [-0.05, 0) is 36.8 Å². The number of fused-ring (bicyclic) bond motifs is 1. The van der Waals surface area contributed by atoms with Gasteiger partial charge in [0.25, 0.3) is 0 Å². The van der Waals surface area contributed by atoms with Gasteiger partial charge in [-0.2, -0.15) is 0 Å². The van der Waals surface area contributed by atoms with E-state index in [-0.39, 0.29) is 6.79 Å². The molecule has 0 radical (unpaired) electrons. The van der Waals surface area contributed by atoms with Crippen molar-refractivity contribution in [1.82, 2.24) is 0 Å². The summed E-state index contributed by atoms with van der Waals surface area (Å²) in [6, 6.07) is 12.1. The van der Waals surface area contributed by atoms with Crippen LogP contribution in [-0.4, -0.2) is 6.79 Å². The largest absolute Gasteiger partial charge is 0.454 e. The average Bonchev–Trinajstić information content (AvgIpc) is 2.87. The number of hydrogen-bond donors (Lipinski definition) is 1. The maximum Gasteiger partial charge on any atom is 0.231 e. The molecule has 0 unspecified atom stereocenters. The lowest BCUT2D eigenvalue weighted by molar-refractivity contribution is 0.174. The van der Waals surface area contributed by atoms with Crippen LogP contribution in [0, 0.1) is 6.92 Å². The van der Waals surface area contributed by atoms with Crippen molar-refractivity contribution in [3.05, 3.63) is 52.5 Å². The zero-order chi connectivity index (χ0) is 13.2. The number of hydrogen-bond acceptors (Lipinski definition) is 3. The number of anilines is 1. The quantitative estimate of drug-likeness (QED) is 0.919. The first-order chi connectivity index (χ1) is 9.22. The van der Waals surface area contributed by atoms with E-state index in [9.17, 15) is 0 Å². The van der Waals surface area contributed by atoms with Crippen LogP contribution in [0.2, 0.25) is 5.02 Å². The standard InChI is InChI=1S/C15H14ClNO2/c1-10-2-4-12(5-3-10)17-8-11-6-13(16)15-14(7-11)18-9-19-15/h2-7,17H,8-9H2,1H3. The molecule has 19 heavy (non-hydrogen) atoms. The molecule has 0 saturated carbocycles. The molecule has 0 saturated heterocycles. The Morgan fingerprint density at radius 1 is 1.16 bits per heavy atom. The summed E-state index contributed by atoms with van der Waals surface area (Å²) in [7, 11) is 0. The minimum atomic E-state index is 0.240. The molecule has 3 nitrogen and oxygen atoms in total. The summed E-state index contributed by atoms with van der Waals surface area (Å²) in [4.78, 5) is 0. The summed E-state index contributed by atoms with van der Waals surface area (Å²) in [5.41, 5.74) is 3.39. The van der Waals surface area contributed by atoms with E-state index in [2.05, 4.69) is 36.5 Å². The number of rotatable bonds is 3. The Bertz CT molecular complexity index is 596. The molecule has 1 heterocycles. The molecule has 3 rings (SSSR count). The highest BCUT2D eigenvalue weighted by atomic mass is 35.5. The molecule has 0 spiro atoms. The van der Waals surface area contributed by atoms with Crippen LogP contribution in [-0.2, 0) is 6.54 Å². The maximum absolute atomic E-state index is 6.14. The molecule has 0 fully saturated rings. The van der Waals surface area contributed by atoms with Gasteiger partial charge in [-0.15, -0.1) is 0 Å². The minimum Gasteiger partial charge on any atom is -0.454 e. The molecule has 2 aromatic rings. The molecule has 0 aromatic heterocycles. The Balaban J connectivity index is 1.73. The van der Waals surface area contributed by atoms with Crippen LogP contribution in [0.1, 0.15) is 11.1 Å². The van der Waals surface area contributed by atoms with Crippen LogP contribution in [0.4, 0.5) is 5.69 Å². The van der Waals surface area contributed by atoms with Gasteiger partial charge in [-0.3, -0.25) is 0 Å².